The molecule has 2 atom stereocenters. The van der Waals surface area contributed by atoms with Gasteiger partial charge in [0, 0.05) is 56.0 Å². The summed E-state index contributed by atoms with van der Waals surface area (Å²) in [6.07, 6.45) is 7.03. The molecule has 1 aromatic heterocycles. The van der Waals surface area contributed by atoms with Crippen molar-refractivity contribution in [1.29, 1.82) is 0 Å². The number of hydrogen-bond acceptors (Lipinski definition) is 5. The van der Waals surface area contributed by atoms with Crippen LogP contribution in [0, 0.1) is 5.92 Å². The van der Waals surface area contributed by atoms with Crippen LogP contribution < -0.4 is 9.64 Å². The molecule has 0 bridgehead atoms. The number of rotatable bonds is 5. The van der Waals surface area contributed by atoms with Crippen LogP contribution in [0.4, 0.5) is 10.5 Å². The Morgan fingerprint density at radius 3 is 2.38 bits per heavy atom. The Kier molecular flexibility index (Phi) is 5.63. The second-order valence-corrected chi connectivity index (χ2v) is 10.9. The molecule has 34 heavy (non-hydrogen) atoms. The standard InChI is InChI=1S/C27H33N3O4/c1-27(2)17-24(22-16-21(34-26(32)33)6-7-23(22)27)30(3,25(31)18-4-5-18)20-10-14-29(15-11-20)19-8-12-28-13-9-19/h6-9,12-13,16,18,20,24H,4-5,10-11,14-15,17H2,1-3H3/p+1. The number of carbonyl (C=O) groups is 2. The highest BCUT2D eigenvalue weighted by Crippen LogP contribution is 2.53. The van der Waals surface area contributed by atoms with E-state index in [1.165, 1.54) is 11.3 Å². The molecule has 0 spiro atoms. The van der Waals surface area contributed by atoms with Crippen molar-refractivity contribution in [2.75, 3.05) is 25.0 Å². The van der Waals surface area contributed by atoms with Gasteiger partial charge in [-0.25, -0.2) is 9.59 Å². The largest absolute Gasteiger partial charge is 0.511 e. The Hall–Kier alpha value is -2.93. The average Bonchev–Trinajstić information content (AvgIpc) is 3.63. The van der Waals surface area contributed by atoms with Gasteiger partial charge in [-0.15, -0.1) is 0 Å². The van der Waals surface area contributed by atoms with Crippen LogP contribution in [0.3, 0.4) is 0 Å². The predicted octanol–water partition coefficient (Wildman–Crippen LogP) is 4.91. The average molecular weight is 465 g/mol. The van der Waals surface area contributed by atoms with Crippen molar-refractivity contribution in [3.8, 4) is 5.75 Å². The van der Waals surface area contributed by atoms with Gasteiger partial charge in [0.15, 0.2) is 0 Å². The van der Waals surface area contributed by atoms with Crippen molar-refractivity contribution in [3.05, 3.63) is 53.9 Å². The fourth-order valence-electron chi connectivity index (χ4n) is 6.31. The summed E-state index contributed by atoms with van der Waals surface area (Å²) < 4.78 is 5.42. The molecule has 7 heteroatoms. The number of carboxylic acid groups (broad SMARTS) is 1. The summed E-state index contributed by atoms with van der Waals surface area (Å²) in [5, 5.41) is 9.15. The van der Waals surface area contributed by atoms with E-state index in [1.54, 1.807) is 6.07 Å². The summed E-state index contributed by atoms with van der Waals surface area (Å²) >= 11 is 0. The smallest absolute Gasteiger partial charge is 0.449 e. The SMILES string of the molecule is CC1(C)CC([N+](C)(C(=O)C2CC2)C2CCN(c3ccncc3)CC2)c2cc(OC(=O)O)ccc21. The van der Waals surface area contributed by atoms with Gasteiger partial charge in [0.2, 0.25) is 0 Å². The van der Waals surface area contributed by atoms with Crippen molar-refractivity contribution in [2.45, 2.75) is 63.5 Å². The molecule has 2 fully saturated rings. The highest BCUT2D eigenvalue weighted by Gasteiger charge is 2.57. The minimum absolute atomic E-state index is 0.00656. The third-order valence-electron chi connectivity index (χ3n) is 8.32. The molecular formula is C27H34N3O4+. The quantitative estimate of drug-likeness (QED) is 0.385. The first-order valence-corrected chi connectivity index (χ1v) is 12.3. The van der Waals surface area contributed by atoms with Gasteiger partial charge in [0.1, 0.15) is 11.8 Å². The lowest BCUT2D eigenvalue weighted by Crippen LogP contribution is -2.61. The van der Waals surface area contributed by atoms with Gasteiger partial charge in [-0.1, -0.05) is 19.9 Å². The highest BCUT2D eigenvalue weighted by atomic mass is 16.7. The van der Waals surface area contributed by atoms with Crippen LogP contribution in [-0.2, 0) is 10.2 Å². The fourth-order valence-corrected chi connectivity index (χ4v) is 6.31. The number of amides is 1. The van der Waals surface area contributed by atoms with Crippen LogP contribution in [0.1, 0.15) is 63.1 Å². The first kappa shape index (κ1) is 22.8. The number of benzene rings is 1. The molecule has 2 heterocycles. The minimum atomic E-state index is -1.32. The lowest BCUT2D eigenvalue weighted by atomic mass is 9.86. The van der Waals surface area contributed by atoms with E-state index in [-0.39, 0.29) is 23.4 Å². The zero-order valence-corrected chi connectivity index (χ0v) is 20.2. The van der Waals surface area contributed by atoms with Gasteiger partial charge < -0.3 is 14.7 Å². The second-order valence-electron chi connectivity index (χ2n) is 10.9. The summed E-state index contributed by atoms with van der Waals surface area (Å²) in [6.45, 7) is 6.26. The second kappa shape index (κ2) is 8.38. The number of quaternary nitrogens is 1. The highest BCUT2D eigenvalue weighted by molar-refractivity contribution is 5.75. The molecule has 2 aromatic rings. The van der Waals surface area contributed by atoms with Crippen LogP contribution in [0.15, 0.2) is 42.7 Å². The zero-order valence-electron chi connectivity index (χ0n) is 20.2. The number of ether oxygens (including phenoxy) is 1. The normalized spacial score (nSPS) is 23.7. The van der Waals surface area contributed by atoms with Gasteiger partial charge in [0.05, 0.1) is 19.0 Å². The van der Waals surface area contributed by atoms with Crippen molar-refractivity contribution < 1.29 is 23.9 Å². The van der Waals surface area contributed by atoms with E-state index in [1.807, 2.05) is 36.7 Å². The molecule has 180 valence electrons. The summed E-state index contributed by atoms with van der Waals surface area (Å²) in [4.78, 5) is 31.7. The maximum Gasteiger partial charge on any atom is 0.511 e. The number of hydrogen-bond donors (Lipinski definition) is 1. The van der Waals surface area contributed by atoms with Crippen LogP contribution in [-0.4, -0.2) is 52.8 Å². The molecule has 1 saturated heterocycles. The van der Waals surface area contributed by atoms with E-state index in [0.29, 0.717) is 16.1 Å². The van der Waals surface area contributed by atoms with Crippen molar-refractivity contribution in [3.63, 3.8) is 0 Å². The number of aromatic nitrogens is 1. The Bertz CT molecular complexity index is 1090. The number of piperidine rings is 1. The summed E-state index contributed by atoms with van der Waals surface area (Å²) in [5.74, 6) is 0.821. The number of pyridine rings is 1. The maximum atomic E-state index is 14.0. The summed E-state index contributed by atoms with van der Waals surface area (Å²) in [5.41, 5.74) is 3.34. The van der Waals surface area contributed by atoms with Gasteiger partial charge >= 0.3 is 12.1 Å². The van der Waals surface area contributed by atoms with Crippen LogP contribution in [0.2, 0.25) is 0 Å². The van der Waals surface area contributed by atoms with E-state index in [2.05, 4.69) is 30.8 Å². The Morgan fingerprint density at radius 1 is 1.09 bits per heavy atom. The molecule has 1 aromatic carbocycles. The first-order chi connectivity index (χ1) is 16.2. The van der Waals surface area contributed by atoms with Gasteiger partial charge in [-0.3, -0.25) is 9.47 Å². The van der Waals surface area contributed by atoms with E-state index < -0.39 is 6.16 Å². The Balaban J connectivity index is 1.48. The van der Waals surface area contributed by atoms with Crippen molar-refractivity contribution >= 4 is 17.7 Å². The first-order valence-electron chi connectivity index (χ1n) is 12.3. The molecule has 2 unspecified atom stereocenters. The summed E-state index contributed by atoms with van der Waals surface area (Å²) in [7, 11) is 2.15. The van der Waals surface area contributed by atoms with Crippen LogP contribution in [0.5, 0.6) is 5.75 Å². The third kappa shape index (κ3) is 3.96. The molecular weight excluding hydrogens is 430 g/mol. The Morgan fingerprint density at radius 2 is 1.76 bits per heavy atom. The van der Waals surface area contributed by atoms with Gasteiger partial charge in [0.25, 0.3) is 0 Å². The van der Waals surface area contributed by atoms with E-state index >= 15 is 0 Å². The van der Waals surface area contributed by atoms with Gasteiger partial charge in [-0.05, 0) is 48.1 Å². The molecule has 1 amide bonds. The fraction of sp³-hybridized carbons (Fsp3) is 0.519. The molecule has 5 rings (SSSR count). The van der Waals surface area contributed by atoms with E-state index in [0.717, 1.165) is 50.8 Å². The molecule has 2 aliphatic carbocycles. The minimum Gasteiger partial charge on any atom is -0.449 e. The van der Waals surface area contributed by atoms with Crippen LogP contribution >= 0.6 is 0 Å². The van der Waals surface area contributed by atoms with Gasteiger partial charge in [-0.2, -0.15) is 0 Å². The number of carbonyl (C=O) groups excluding carboxylic acids is 1. The predicted molar refractivity (Wildman–Crippen MR) is 129 cm³/mol. The zero-order chi connectivity index (χ0) is 24.1. The van der Waals surface area contributed by atoms with Crippen molar-refractivity contribution in [1.82, 2.24) is 4.98 Å². The molecule has 0 radical (unpaired) electrons. The maximum absolute atomic E-state index is 14.0. The monoisotopic (exact) mass is 464 g/mol. The van der Waals surface area contributed by atoms with Crippen molar-refractivity contribution in [2.24, 2.45) is 5.92 Å². The molecule has 7 nitrogen and oxygen atoms in total. The van der Waals surface area contributed by atoms with E-state index in [9.17, 15) is 9.59 Å². The van der Waals surface area contributed by atoms with E-state index in [4.69, 9.17) is 9.84 Å². The lowest BCUT2D eigenvalue weighted by Gasteiger charge is -2.47. The van der Waals surface area contributed by atoms with Crippen LogP contribution in [0.25, 0.3) is 0 Å². The number of anilines is 1. The molecule has 1 aliphatic heterocycles. The molecule has 1 saturated carbocycles. The molecule has 1 N–H and O–H groups in total. The Labute approximate surface area is 200 Å². The number of nitrogens with zero attached hydrogens (tertiary/aromatic N) is 3. The topological polar surface area (TPSA) is 79.7 Å². The summed E-state index contributed by atoms with van der Waals surface area (Å²) in [6, 6.07) is 9.90. The molecule has 3 aliphatic rings. The number of fused-ring (bicyclic) bond motifs is 1. The third-order valence-corrected chi connectivity index (χ3v) is 8.32. The lowest BCUT2D eigenvalue weighted by molar-refractivity contribution is -0.893.